The van der Waals surface area contributed by atoms with Crippen LogP contribution in [0.25, 0.3) is 0 Å². The van der Waals surface area contributed by atoms with Gasteiger partial charge in [-0.25, -0.2) is 9.59 Å². The van der Waals surface area contributed by atoms with Crippen molar-refractivity contribution in [2.45, 2.75) is 49.7 Å². The van der Waals surface area contributed by atoms with Crippen LogP contribution in [0.15, 0.2) is 91.0 Å². The largest absolute Gasteiger partial charge is 0.480 e. The van der Waals surface area contributed by atoms with E-state index in [1.165, 1.54) is 22.2 Å². The Labute approximate surface area is 227 Å². The Morgan fingerprint density at radius 2 is 1.50 bits per heavy atom. The van der Waals surface area contributed by atoms with Gasteiger partial charge in [0.2, 0.25) is 5.91 Å². The van der Waals surface area contributed by atoms with Crippen molar-refractivity contribution in [3.63, 3.8) is 0 Å². The first-order valence-corrected chi connectivity index (χ1v) is 13.8. The highest BCUT2D eigenvalue weighted by Gasteiger charge is 2.44. The molecule has 1 aliphatic heterocycles. The predicted molar refractivity (Wildman–Crippen MR) is 147 cm³/mol. The second-order valence-corrected chi connectivity index (χ2v) is 10.3. The van der Waals surface area contributed by atoms with E-state index in [1.807, 2.05) is 78.9 Å². The lowest BCUT2D eigenvalue weighted by molar-refractivity contribution is -0.150. The summed E-state index contributed by atoms with van der Waals surface area (Å²) in [5.74, 6) is -1.19. The Bertz CT molecular complexity index is 1190. The fourth-order valence-corrected chi connectivity index (χ4v) is 5.94. The molecule has 38 heavy (non-hydrogen) atoms. The lowest BCUT2D eigenvalue weighted by Gasteiger charge is -2.31. The lowest BCUT2D eigenvalue weighted by atomic mass is 10.0. The topological polar surface area (TPSA) is 95.9 Å². The van der Waals surface area contributed by atoms with Gasteiger partial charge in [0.25, 0.3) is 0 Å². The van der Waals surface area contributed by atoms with Crippen LogP contribution in [-0.4, -0.2) is 45.8 Å². The average molecular weight is 533 g/mol. The van der Waals surface area contributed by atoms with Gasteiger partial charge < -0.3 is 20.1 Å². The van der Waals surface area contributed by atoms with Gasteiger partial charge >= 0.3 is 12.1 Å². The zero-order valence-electron chi connectivity index (χ0n) is 21.1. The standard InChI is InChI=1S/C30H32N2O5S/c33-27(32-26(29(34)35)21-38-28(32)24-17-8-3-9-18-24)25(19-11-10-14-22-12-4-1-5-13-22)31-30(36)37-20-23-15-6-2-7-16-23/h1-9,12-13,15-18,25-26,28H,10-11,14,19-21H2,(H,31,36)(H,34,35)/t25?,26-,28?/m0/s1. The van der Waals surface area contributed by atoms with Crippen LogP contribution in [0.3, 0.4) is 0 Å². The summed E-state index contributed by atoms with van der Waals surface area (Å²) < 4.78 is 5.39. The molecule has 0 bridgehead atoms. The van der Waals surface area contributed by atoms with E-state index in [1.54, 1.807) is 0 Å². The first kappa shape index (κ1) is 27.3. The highest BCUT2D eigenvalue weighted by molar-refractivity contribution is 7.99. The number of carboxylic acid groups (broad SMARTS) is 1. The molecule has 7 nitrogen and oxygen atoms in total. The third kappa shape index (κ3) is 7.38. The van der Waals surface area contributed by atoms with E-state index >= 15 is 0 Å². The van der Waals surface area contributed by atoms with Crippen LogP contribution in [0, 0.1) is 0 Å². The van der Waals surface area contributed by atoms with Crippen molar-refractivity contribution in [1.29, 1.82) is 0 Å². The van der Waals surface area contributed by atoms with Gasteiger partial charge in [-0.1, -0.05) is 97.4 Å². The van der Waals surface area contributed by atoms with Crippen molar-refractivity contribution in [2.75, 3.05) is 5.75 Å². The molecule has 2 N–H and O–H groups in total. The van der Waals surface area contributed by atoms with Crippen LogP contribution in [0.4, 0.5) is 4.79 Å². The number of aryl methyl sites for hydroxylation is 1. The maximum Gasteiger partial charge on any atom is 0.408 e. The maximum atomic E-state index is 13.9. The van der Waals surface area contributed by atoms with Gasteiger partial charge in [0.05, 0.1) is 0 Å². The minimum Gasteiger partial charge on any atom is -0.480 e. The van der Waals surface area contributed by atoms with Crippen LogP contribution in [0.5, 0.6) is 0 Å². The molecule has 1 saturated heterocycles. The number of rotatable bonds is 11. The number of hydrogen-bond acceptors (Lipinski definition) is 5. The summed E-state index contributed by atoms with van der Waals surface area (Å²) in [7, 11) is 0. The molecule has 0 saturated carbocycles. The van der Waals surface area contributed by atoms with E-state index < -0.39 is 35.4 Å². The van der Waals surface area contributed by atoms with Gasteiger partial charge in [-0.05, 0) is 36.0 Å². The molecule has 3 aromatic carbocycles. The number of alkyl carbamates (subject to hydrolysis) is 1. The summed E-state index contributed by atoms with van der Waals surface area (Å²) in [6.45, 7) is 0.0749. The van der Waals surface area contributed by atoms with Gasteiger partial charge in [-0.15, -0.1) is 11.8 Å². The van der Waals surface area contributed by atoms with Gasteiger partial charge in [0, 0.05) is 5.75 Å². The zero-order valence-corrected chi connectivity index (χ0v) is 21.9. The number of carbonyl (C=O) groups is 3. The number of nitrogens with zero attached hydrogens (tertiary/aromatic N) is 1. The SMILES string of the molecule is O=C(NC(CCCCc1ccccc1)C(=O)N1C(c2ccccc2)SC[C@H]1C(=O)O)OCc1ccccc1. The van der Waals surface area contributed by atoms with Gasteiger partial charge in [-0.3, -0.25) is 4.79 Å². The second kappa shape index (κ2) is 13.7. The number of amides is 2. The van der Waals surface area contributed by atoms with E-state index in [2.05, 4.69) is 17.4 Å². The fourth-order valence-electron chi connectivity index (χ4n) is 4.51. The van der Waals surface area contributed by atoms with Gasteiger partial charge in [0.15, 0.2) is 0 Å². The fraction of sp³-hybridized carbons (Fsp3) is 0.300. The quantitative estimate of drug-likeness (QED) is 0.320. The molecule has 0 radical (unpaired) electrons. The molecular weight excluding hydrogens is 500 g/mol. The van der Waals surface area contributed by atoms with Crippen LogP contribution in [0.2, 0.25) is 0 Å². The maximum absolute atomic E-state index is 13.9. The molecule has 3 aromatic rings. The lowest BCUT2D eigenvalue weighted by Crippen LogP contribution is -2.52. The van der Waals surface area contributed by atoms with Crippen molar-refractivity contribution in [3.8, 4) is 0 Å². The van der Waals surface area contributed by atoms with Gasteiger partial charge in [0.1, 0.15) is 24.1 Å². The third-order valence-corrected chi connectivity index (χ3v) is 7.80. The number of carboxylic acids is 1. The van der Waals surface area contributed by atoms with E-state index in [0.29, 0.717) is 12.8 Å². The summed E-state index contributed by atoms with van der Waals surface area (Å²) in [5.41, 5.74) is 2.89. The number of aliphatic carboxylic acids is 1. The number of nitrogens with one attached hydrogen (secondary N) is 1. The monoisotopic (exact) mass is 532 g/mol. The molecule has 1 fully saturated rings. The number of ether oxygens (including phenoxy) is 1. The molecule has 8 heteroatoms. The Morgan fingerprint density at radius 1 is 0.895 bits per heavy atom. The van der Waals surface area contributed by atoms with Crippen LogP contribution in [0.1, 0.15) is 41.3 Å². The molecular formula is C30H32N2O5S. The van der Waals surface area contributed by atoms with Gasteiger partial charge in [-0.2, -0.15) is 0 Å². The second-order valence-electron chi connectivity index (χ2n) is 9.19. The number of carbonyl (C=O) groups excluding carboxylic acids is 2. The smallest absolute Gasteiger partial charge is 0.408 e. The zero-order chi connectivity index (χ0) is 26.7. The first-order chi connectivity index (χ1) is 18.5. The van der Waals surface area contributed by atoms with E-state index in [4.69, 9.17) is 4.74 Å². The number of hydrogen-bond donors (Lipinski definition) is 2. The molecule has 0 spiro atoms. The minimum atomic E-state index is -1.06. The average Bonchev–Trinajstić information content (AvgIpc) is 3.40. The first-order valence-electron chi connectivity index (χ1n) is 12.8. The molecule has 0 aromatic heterocycles. The highest BCUT2D eigenvalue weighted by atomic mass is 32.2. The number of benzene rings is 3. The number of unbranched alkanes of at least 4 members (excludes halogenated alkanes) is 1. The van der Waals surface area contributed by atoms with Crippen LogP contribution >= 0.6 is 11.8 Å². The highest BCUT2D eigenvalue weighted by Crippen LogP contribution is 2.42. The minimum absolute atomic E-state index is 0.0749. The summed E-state index contributed by atoms with van der Waals surface area (Å²) in [6.07, 6.45) is 2.03. The van der Waals surface area contributed by atoms with Crippen LogP contribution in [-0.2, 0) is 27.4 Å². The summed E-state index contributed by atoms with van der Waals surface area (Å²) in [4.78, 5) is 40.2. The Balaban J connectivity index is 1.48. The third-order valence-electron chi connectivity index (χ3n) is 6.48. The van der Waals surface area contributed by atoms with Crippen molar-refractivity contribution in [2.24, 2.45) is 0 Å². The molecule has 2 amide bonds. The van der Waals surface area contributed by atoms with Crippen molar-refractivity contribution in [3.05, 3.63) is 108 Å². The Hall–Kier alpha value is -3.78. The molecule has 4 rings (SSSR count). The molecule has 1 aliphatic rings. The van der Waals surface area contributed by atoms with Crippen molar-refractivity contribution < 1.29 is 24.2 Å². The van der Waals surface area contributed by atoms with Crippen molar-refractivity contribution >= 4 is 29.7 Å². The summed E-state index contributed by atoms with van der Waals surface area (Å²) in [5, 5.41) is 12.2. The Morgan fingerprint density at radius 3 is 2.13 bits per heavy atom. The van der Waals surface area contributed by atoms with E-state index in [9.17, 15) is 19.5 Å². The molecule has 198 valence electrons. The van der Waals surface area contributed by atoms with Crippen molar-refractivity contribution in [1.82, 2.24) is 10.2 Å². The molecule has 3 atom stereocenters. The summed E-state index contributed by atoms with van der Waals surface area (Å²) >= 11 is 1.42. The normalized spacial score (nSPS) is 17.5. The Kier molecular flexibility index (Phi) is 9.81. The molecule has 1 heterocycles. The van der Waals surface area contributed by atoms with E-state index in [-0.39, 0.29) is 12.4 Å². The van der Waals surface area contributed by atoms with Crippen LogP contribution < -0.4 is 5.32 Å². The predicted octanol–water partition coefficient (Wildman–Crippen LogP) is 5.42. The number of thioether (sulfide) groups is 1. The summed E-state index contributed by atoms with van der Waals surface area (Å²) in [6, 6.07) is 26.9. The molecule has 0 aliphatic carbocycles. The van der Waals surface area contributed by atoms with E-state index in [0.717, 1.165) is 24.0 Å². The molecule has 2 unspecified atom stereocenters.